The number of carboxylic acids is 1. The number of carboxylic acid groups (broad SMARTS) is 1. The van der Waals surface area contributed by atoms with Gasteiger partial charge in [-0.3, -0.25) is 4.79 Å². The van der Waals surface area contributed by atoms with Gasteiger partial charge in [-0.05, 0) is 49.8 Å². The SMILES string of the molecule is CCCC[N+](CCCC)(CCCC)CCCC.NC(Cc1ccc(O)c(O)c1)C(=O)O.[OH-]. The van der Waals surface area contributed by atoms with E-state index < -0.39 is 12.0 Å². The second kappa shape index (κ2) is 18.7. The fraction of sp³-hybridized carbons (Fsp3) is 0.720. The molecule has 0 saturated carbocycles. The number of hydrogen-bond donors (Lipinski definition) is 4. The molecule has 0 spiro atoms. The van der Waals surface area contributed by atoms with Gasteiger partial charge in [0, 0.05) is 0 Å². The summed E-state index contributed by atoms with van der Waals surface area (Å²) in [5, 5.41) is 26.6. The quantitative estimate of drug-likeness (QED) is 0.219. The standard InChI is InChI=1S/C16H36N.C9H11NO4.H2O/c1-5-9-13-17(14-10-6-2,15-11-7-3)16-12-8-4;10-6(9(13)14)3-5-1-2-7(11)8(12)4-5;/h5-16H2,1-4H3;1-2,4,6,11-12H,3,10H2,(H,13,14);1H2/q+1;;/p-1. The van der Waals surface area contributed by atoms with Crippen LogP contribution in [0.5, 0.6) is 11.5 Å². The first-order valence-electron chi connectivity index (χ1n) is 12.1. The van der Waals surface area contributed by atoms with Crippen molar-refractivity contribution < 1.29 is 30.1 Å². The van der Waals surface area contributed by atoms with Crippen LogP contribution in [0.4, 0.5) is 0 Å². The number of unbranched alkanes of at least 4 members (excludes halogenated alkanes) is 4. The molecule has 0 saturated heterocycles. The topological polar surface area (TPSA) is 134 Å². The third kappa shape index (κ3) is 13.6. The maximum absolute atomic E-state index is 10.4. The normalized spacial score (nSPS) is 11.8. The van der Waals surface area contributed by atoms with Crippen LogP contribution in [0.25, 0.3) is 0 Å². The lowest BCUT2D eigenvalue weighted by Gasteiger charge is -2.39. The van der Waals surface area contributed by atoms with E-state index in [1.807, 2.05) is 0 Å². The molecule has 6 N–H and O–H groups in total. The third-order valence-corrected chi connectivity index (χ3v) is 5.76. The van der Waals surface area contributed by atoms with Gasteiger partial charge in [0.1, 0.15) is 6.04 Å². The van der Waals surface area contributed by atoms with Gasteiger partial charge in [-0.1, -0.05) is 59.4 Å². The highest BCUT2D eigenvalue weighted by atomic mass is 16.4. The number of rotatable bonds is 15. The fourth-order valence-corrected chi connectivity index (χ4v) is 3.68. The van der Waals surface area contributed by atoms with Crippen molar-refractivity contribution in [2.45, 2.75) is 91.5 Å². The molecular weight excluding hydrogens is 408 g/mol. The monoisotopic (exact) mass is 456 g/mol. The average molecular weight is 457 g/mol. The van der Waals surface area contributed by atoms with Crippen LogP contribution in [0.2, 0.25) is 0 Å². The third-order valence-electron chi connectivity index (χ3n) is 5.76. The van der Waals surface area contributed by atoms with Crippen molar-refractivity contribution in [2.75, 3.05) is 26.2 Å². The van der Waals surface area contributed by atoms with E-state index >= 15 is 0 Å². The molecule has 0 radical (unpaired) electrons. The second-order valence-electron chi connectivity index (χ2n) is 8.62. The molecule has 7 nitrogen and oxygen atoms in total. The van der Waals surface area contributed by atoms with Crippen LogP contribution >= 0.6 is 0 Å². The van der Waals surface area contributed by atoms with Gasteiger partial charge in [-0.25, -0.2) is 0 Å². The molecule has 188 valence electrons. The van der Waals surface area contributed by atoms with Gasteiger partial charge in [0.25, 0.3) is 0 Å². The van der Waals surface area contributed by atoms with E-state index in [9.17, 15) is 4.79 Å². The lowest BCUT2D eigenvalue weighted by Crippen LogP contribution is -2.50. The van der Waals surface area contributed by atoms with Gasteiger partial charge in [0.2, 0.25) is 0 Å². The molecule has 1 aromatic carbocycles. The van der Waals surface area contributed by atoms with E-state index in [-0.39, 0.29) is 23.4 Å². The maximum Gasteiger partial charge on any atom is 0.320 e. The summed E-state index contributed by atoms with van der Waals surface area (Å²) >= 11 is 0. The Labute approximate surface area is 195 Å². The zero-order valence-electron chi connectivity index (χ0n) is 20.7. The van der Waals surface area contributed by atoms with Crippen molar-refractivity contribution in [3.63, 3.8) is 0 Å². The van der Waals surface area contributed by atoms with Gasteiger partial charge in [0.05, 0.1) is 26.2 Å². The number of benzene rings is 1. The smallest absolute Gasteiger partial charge is 0.320 e. The molecule has 0 heterocycles. The summed E-state index contributed by atoms with van der Waals surface area (Å²) in [5.41, 5.74) is 5.86. The molecule has 1 atom stereocenters. The van der Waals surface area contributed by atoms with Crippen LogP contribution in [0, 0.1) is 0 Å². The van der Waals surface area contributed by atoms with Crippen LogP contribution < -0.4 is 5.73 Å². The number of carbonyl (C=O) groups is 1. The molecule has 1 rings (SSSR count). The number of hydrogen-bond acceptors (Lipinski definition) is 5. The molecule has 0 aliphatic heterocycles. The predicted molar refractivity (Wildman–Crippen MR) is 130 cm³/mol. The Morgan fingerprint density at radius 1 is 0.844 bits per heavy atom. The van der Waals surface area contributed by atoms with Crippen molar-refractivity contribution in [1.29, 1.82) is 0 Å². The highest BCUT2D eigenvalue weighted by Crippen LogP contribution is 2.25. The number of phenolic OH excluding ortho intramolecular Hbond substituents is 2. The van der Waals surface area contributed by atoms with Crippen LogP contribution in [-0.2, 0) is 11.2 Å². The van der Waals surface area contributed by atoms with E-state index in [0.717, 1.165) is 0 Å². The van der Waals surface area contributed by atoms with E-state index in [4.69, 9.17) is 21.1 Å². The maximum atomic E-state index is 10.4. The van der Waals surface area contributed by atoms with Crippen LogP contribution in [0.15, 0.2) is 18.2 Å². The van der Waals surface area contributed by atoms with Crippen molar-refractivity contribution in [3.05, 3.63) is 23.8 Å². The summed E-state index contributed by atoms with van der Waals surface area (Å²) < 4.78 is 1.42. The number of nitrogens with zero attached hydrogens (tertiary/aromatic N) is 1. The number of aliphatic carboxylic acids is 1. The van der Waals surface area contributed by atoms with Gasteiger partial charge >= 0.3 is 5.97 Å². The molecule has 0 bridgehead atoms. The molecule has 0 amide bonds. The number of aromatic hydroxyl groups is 2. The summed E-state index contributed by atoms with van der Waals surface area (Å²) in [6.07, 6.45) is 11.2. The Kier molecular flexibility index (Phi) is 18.9. The Balaban J connectivity index is 0. The number of phenols is 2. The Hall–Kier alpha value is -1.83. The highest BCUT2D eigenvalue weighted by Gasteiger charge is 2.24. The summed E-state index contributed by atoms with van der Waals surface area (Å²) in [7, 11) is 0. The van der Waals surface area contributed by atoms with Crippen LogP contribution in [0.3, 0.4) is 0 Å². The molecule has 0 aliphatic rings. The molecule has 7 heteroatoms. The minimum atomic E-state index is -1.10. The molecule has 0 aromatic heterocycles. The van der Waals surface area contributed by atoms with Gasteiger partial charge in [-0.2, -0.15) is 0 Å². The summed E-state index contributed by atoms with van der Waals surface area (Å²) in [5.74, 6) is -1.62. The van der Waals surface area contributed by atoms with Crippen molar-refractivity contribution in [2.24, 2.45) is 5.73 Å². The molecular formula is C25H48N2O5. The van der Waals surface area contributed by atoms with Crippen LogP contribution in [0.1, 0.15) is 84.6 Å². The Morgan fingerprint density at radius 3 is 1.56 bits per heavy atom. The van der Waals surface area contributed by atoms with E-state index in [0.29, 0.717) is 5.56 Å². The van der Waals surface area contributed by atoms with E-state index in [1.54, 1.807) is 0 Å². The first-order valence-corrected chi connectivity index (χ1v) is 12.1. The fourth-order valence-electron chi connectivity index (χ4n) is 3.68. The minimum absolute atomic E-state index is 0. The average Bonchev–Trinajstić information content (AvgIpc) is 2.75. The molecule has 0 aliphatic carbocycles. The molecule has 1 unspecified atom stereocenters. The number of nitrogens with two attached hydrogens (primary N) is 1. The molecule has 32 heavy (non-hydrogen) atoms. The summed E-state index contributed by atoms with van der Waals surface area (Å²) in [6.45, 7) is 15.0. The van der Waals surface area contributed by atoms with Crippen LogP contribution in [-0.4, -0.2) is 63.5 Å². The Bertz CT molecular complexity index is 572. The zero-order chi connectivity index (χ0) is 23.7. The number of quaternary nitrogens is 1. The highest BCUT2D eigenvalue weighted by molar-refractivity contribution is 5.73. The largest absolute Gasteiger partial charge is 0.870 e. The minimum Gasteiger partial charge on any atom is -0.870 e. The van der Waals surface area contributed by atoms with E-state index in [1.165, 1.54) is 100 Å². The predicted octanol–water partition coefficient (Wildman–Crippen LogP) is 4.88. The van der Waals surface area contributed by atoms with Gasteiger partial charge < -0.3 is 31.0 Å². The Morgan fingerprint density at radius 2 is 1.25 bits per heavy atom. The summed E-state index contributed by atoms with van der Waals surface area (Å²) in [6, 6.07) is 3.09. The first-order chi connectivity index (χ1) is 14.7. The lowest BCUT2D eigenvalue weighted by molar-refractivity contribution is -0.929. The van der Waals surface area contributed by atoms with Crippen molar-refractivity contribution >= 4 is 5.97 Å². The lowest BCUT2D eigenvalue weighted by atomic mass is 10.1. The van der Waals surface area contributed by atoms with Gasteiger partial charge in [-0.15, -0.1) is 0 Å². The van der Waals surface area contributed by atoms with E-state index in [2.05, 4.69) is 27.7 Å². The molecule has 0 fully saturated rings. The van der Waals surface area contributed by atoms with Crippen molar-refractivity contribution in [3.8, 4) is 11.5 Å². The zero-order valence-corrected chi connectivity index (χ0v) is 20.7. The van der Waals surface area contributed by atoms with Gasteiger partial charge in [0.15, 0.2) is 11.5 Å². The first kappa shape index (κ1) is 32.4. The van der Waals surface area contributed by atoms with Crippen molar-refractivity contribution in [1.82, 2.24) is 0 Å². The second-order valence-corrected chi connectivity index (χ2v) is 8.62. The molecule has 1 aromatic rings. The summed E-state index contributed by atoms with van der Waals surface area (Å²) in [4.78, 5) is 10.4.